The van der Waals surface area contributed by atoms with E-state index in [4.69, 9.17) is 5.84 Å². The maximum Gasteiger partial charge on any atom is 0.416 e. The summed E-state index contributed by atoms with van der Waals surface area (Å²) in [5.41, 5.74) is 3.16. The SMILES string of the molecule is Cc1cc(NN)c2ccc(C(F)(F)F)cc2n1.Cl. The molecule has 0 atom stereocenters. The molecule has 3 N–H and O–H groups in total. The predicted molar refractivity (Wildman–Crippen MR) is 66.5 cm³/mol. The van der Waals surface area contributed by atoms with Crippen molar-refractivity contribution in [3.63, 3.8) is 0 Å². The Labute approximate surface area is 108 Å². The topological polar surface area (TPSA) is 50.9 Å². The zero-order valence-corrected chi connectivity index (χ0v) is 10.2. The van der Waals surface area contributed by atoms with Gasteiger partial charge in [0.1, 0.15) is 0 Å². The van der Waals surface area contributed by atoms with Crippen LogP contribution >= 0.6 is 12.4 Å². The van der Waals surface area contributed by atoms with Crippen molar-refractivity contribution in [3.8, 4) is 0 Å². The summed E-state index contributed by atoms with van der Waals surface area (Å²) < 4.78 is 37.6. The van der Waals surface area contributed by atoms with Crippen molar-refractivity contribution in [2.45, 2.75) is 13.1 Å². The highest BCUT2D eigenvalue weighted by atomic mass is 35.5. The molecule has 0 saturated carbocycles. The first-order chi connectivity index (χ1) is 7.91. The summed E-state index contributed by atoms with van der Waals surface area (Å²) in [6.07, 6.45) is -4.37. The third-order valence-corrected chi connectivity index (χ3v) is 2.42. The van der Waals surface area contributed by atoms with Crippen molar-refractivity contribution < 1.29 is 13.2 Å². The van der Waals surface area contributed by atoms with Crippen LogP contribution in [0.2, 0.25) is 0 Å². The van der Waals surface area contributed by atoms with E-state index in [0.29, 0.717) is 16.8 Å². The molecular formula is C11H11ClF3N3. The highest BCUT2D eigenvalue weighted by Crippen LogP contribution is 2.32. The third-order valence-electron chi connectivity index (χ3n) is 2.42. The number of anilines is 1. The number of aromatic nitrogens is 1. The average molecular weight is 278 g/mol. The number of nitrogens with one attached hydrogen (secondary N) is 1. The fourth-order valence-electron chi connectivity index (χ4n) is 1.66. The number of hydrazine groups is 1. The maximum absolute atomic E-state index is 12.5. The molecule has 1 aromatic heterocycles. The minimum absolute atomic E-state index is 0. The molecule has 0 unspecified atom stereocenters. The molecule has 0 fully saturated rings. The van der Waals surface area contributed by atoms with Gasteiger partial charge in [-0.3, -0.25) is 10.8 Å². The molecule has 0 aliphatic carbocycles. The molecule has 0 amide bonds. The number of alkyl halides is 3. The van der Waals surface area contributed by atoms with Crippen LogP contribution in [-0.4, -0.2) is 4.98 Å². The molecule has 0 bridgehead atoms. The number of rotatable bonds is 1. The van der Waals surface area contributed by atoms with Crippen molar-refractivity contribution in [1.29, 1.82) is 0 Å². The lowest BCUT2D eigenvalue weighted by Crippen LogP contribution is -2.09. The zero-order valence-electron chi connectivity index (χ0n) is 9.38. The van der Waals surface area contributed by atoms with E-state index in [0.717, 1.165) is 12.1 Å². The Hall–Kier alpha value is -1.53. The van der Waals surface area contributed by atoms with E-state index in [1.165, 1.54) is 6.07 Å². The number of pyridine rings is 1. The third kappa shape index (κ3) is 2.65. The Balaban J connectivity index is 0.00000162. The molecular weight excluding hydrogens is 267 g/mol. The molecule has 0 aliphatic heterocycles. The molecule has 3 nitrogen and oxygen atoms in total. The molecule has 0 radical (unpaired) electrons. The van der Waals surface area contributed by atoms with Crippen LogP contribution in [-0.2, 0) is 6.18 Å². The van der Waals surface area contributed by atoms with Gasteiger partial charge in [-0.2, -0.15) is 13.2 Å². The first-order valence-corrected chi connectivity index (χ1v) is 4.87. The number of nitrogens with two attached hydrogens (primary N) is 1. The smallest absolute Gasteiger partial charge is 0.323 e. The molecule has 0 saturated heterocycles. The van der Waals surface area contributed by atoms with Crippen LogP contribution in [0, 0.1) is 6.92 Å². The van der Waals surface area contributed by atoms with Gasteiger partial charge in [0.15, 0.2) is 0 Å². The largest absolute Gasteiger partial charge is 0.416 e. The highest BCUT2D eigenvalue weighted by molar-refractivity contribution is 5.91. The lowest BCUT2D eigenvalue weighted by atomic mass is 10.1. The first kappa shape index (κ1) is 14.5. The summed E-state index contributed by atoms with van der Waals surface area (Å²) >= 11 is 0. The quantitative estimate of drug-likeness (QED) is 0.621. The van der Waals surface area contributed by atoms with Crippen molar-refractivity contribution >= 4 is 29.0 Å². The fraction of sp³-hybridized carbons (Fsp3) is 0.182. The van der Waals surface area contributed by atoms with Crippen LogP contribution in [0.3, 0.4) is 0 Å². The monoisotopic (exact) mass is 277 g/mol. The number of fused-ring (bicyclic) bond motifs is 1. The van der Waals surface area contributed by atoms with Gasteiger partial charge in [-0.05, 0) is 25.1 Å². The molecule has 0 aliphatic rings. The number of benzene rings is 1. The summed E-state index contributed by atoms with van der Waals surface area (Å²) in [6.45, 7) is 1.69. The second kappa shape index (κ2) is 4.99. The Morgan fingerprint density at radius 3 is 2.44 bits per heavy atom. The van der Waals surface area contributed by atoms with Gasteiger partial charge in [0.05, 0.1) is 16.8 Å². The normalized spacial score (nSPS) is 11.2. The van der Waals surface area contributed by atoms with Crippen LogP contribution in [0.25, 0.3) is 10.9 Å². The summed E-state index contributed by atoms with van der Waals surface area (Å²) in [7, 11) is 0. The summed E-state index contributed by atoms with van der Waals surface area (Å²) in [5.74, 6) is 5.31. The lowest BCUT2D eigenvalue weighted by molar-refractivity contribution is -0.137. The molecule has 0 spiro atoms. The van der Waals surface area contributed by atoms with Crippen molar-refractivity contribution in [2.75, 3.05) is 5.43 Å². The van der Waals surface area contributed by atoms with Crippen LogP contribution in [0.5, 0.6) is 0 Å². The van der Waals surface area contributed by atoms with E-state index >= 15 is 0 Å². The van der Waals surface area contributed by atoms with Gasteiger partial charge in [-0.15, -0.1) is 12.4 Å². The molecule has 1 aromatic carbocycles. The van der Waals surface area contributed by atoms with Crippen molar-refractivity contribution in [1.82, 2.24) is 4.98 Å². The molecule has 1 heterocycles. The Kier molecular flexibility index (Phi) is 4.03. The van der Waals surface area contributed by atoms with E-state index < -0.39 is 11.7 Å². The van der Waals surface area contributed by atoms with E-state index in [1.807, 2.05) is 0 Å². The summed E-state index contributed by atoms with van der Waals surface area (Å²) in [5, 5.41) is 0.561. The van der Waals surface area contributed by atoms with E-state index in [2.05, 4.69) is 10.4 Å². The number of aryl methyl sites for hydroxylation is 1. The maximum atomic E-state index is 12.5. The minimum Gasteiger partial charge on any atom is -0.323 e. The molecule has 98 valence electrons. The first-order valence-electron chi connectivity index (χ1n) is 4.87. The van der Waals surface area contributed by atoms with Gasteiger partial charge in [0.25, 0.3) is 0 Å². The second-order valence-electron chi connectivity index (χ2n) is 3.69. The molecule has 2 rings (SSSR count). The number of halogens is 4. The van der Waals surface area contributed by atoms with Crippen LogP contribution in [0.4, 0.5) is 18.9 Å². The highest BCUT2D eigenvalue weighted by Gasteiger charge is 2.30. The van der Waals surface area contributed by atoms with Crippen molar-refractivity contribution in [3.05, 3.63) is 35.5 Å². The predicted octanol–water partition coefficient (Wildman–Crippen LogP) is 3.27. The van der Waals surface area contributed by atoms with E-state index in [1.54, 1.807) is 13.0 Å². The van der Waals surface area contributed by atoms with Gasteiger partial charge >= 0.3 is 6.18 Å². The van der Waals surface area contributed by atoms with Gasteiger partial charge < -0.3 is 5.43 Å². The van der Waals surface area contributed by atoms with Gasteiger partial charge in [0.2, 0.25) is 0 Å². The molecule has 18 heavy (non-hydrogen) atoms. The number of hydrogen-bond acceptors (Lipinski definition) is 3. The number of nitrogens with zero attached hydrogens (tertiary/aromatic N) is 1. The lowest BCUT2D eigenvalue weighted by Gasteiger charge is -2.10. The standard InChI is InChI=1S/C11H10F3N3.ClH/c1-6-4-10(17-15)8-3-2-7(11(12,13)14)5-9(8)16-6;/h2-5H,15H2,1H3,(H,16,17);1H. The molecule has 2 aromatic rings. The number of hydrogen-bond donors (Lipinski definition) is 2. The van der Waals surface area contributed by atoms with Gasteiger partial charge in [-0.1, -0.05) is 6.07 Å². The van der Waals surface area contributed by atoms with E-state index in [9.17, 15) is 13.2 Å². The van der Waals surface area contributed by atoms with E-state index in [-0.39, 0.29) is 17.9 Å². The second-order valence-corrected chi connectivity index (χ2v) is 3.69. The molecule has 7 heteroatoms. The minimum atomic E-state index is -4.37. The average Bonchev–Trinajstić information content (AvgIpc) is 2.25. The Morgan fingerprint density at radius 1 is 1.22 bits per heavy atom. The van der Waals surface area contributed by atoms with Crippen LogP contribution < -0.4 is 11.3 Å². The van der Waals surface area contributed by atoms with Crippen molar-refractivity contribution in [2.24, 2.45) is 5.84 Å². The number of nitrogen functional groups attached to an aromatic ring is 1. The summed E-state index contributed by atoms with van der Waals surface area (Å²) in [4.78, 5) is 4.06. The fourth-order valence-corrected chi connectivity index (χ4v) is 1.66. The van der Waals surface area contributed by atoms with Crippen LogP contribution in [0.15, 0.2) is 24.3 Å². The zero-order chi connectivity index (χ0) is 12.6. The van der Waals surface area contributed by atoms with Gasteiger partial charge in [0, 0.05) is 11.1 Å². The van der Waals surface area contributed by atoms with Gasteiger partial charge in [-0.25, -0.2) is 0 Å². The Morgan fingerprint density at radius 2 is 1.89 bits per heavy atom. The Bertz CT molecular complexity index is 569. The van der Waals surface area contributed by atoms with Crippen LogP contribution in [0.1, 0.15) is 11.3 Å². The summed E-state index contributed by atoms with van der Waals surface area (Å²) in [6, 6.07) is 5.07.